The minimum atomic E-state index is -0.427. The number of hydrogen-bond acceptors (Lipinski definition) is 5. The highest BCUT2D eigenvalue weighted by Crippen LogP contribution is 2.39. The second-order valence-electron chi connectivity index (χ2n) is 7.43. The summed E-state index contributed by atoms with van der Waals surface area (Å²) in [6.45, 7) is 0. The fourth-order valence-corrected chi connectivity index (χ4v) is 3.78. The van der Waals surface area contributed by atoms with Crippen LogP contribution in [0.1, 0.15) is 18.7 Å². The molecule has 7 nitrogen and oxygen atoms in total. The molecule has 0 atom stereocenters. The summed E-state index contributed by atoms with van der Waals surface area (Å²) in [5.74, 6) is 0.718. The van der Waals surface area contributed by atoms with Crippen LogP contribution in [0.4, 0.5) is 0 Å². The molecule has 1 saturated carbocycles. The third kappa shape index (κ3) is 2.24. The quantitative estimate of drug-likeness (QED) is 0.613. The highest BCUT2D eigenvalue weighted by atomic mass is 15.3. The van der Waals surface area contributed by atoms with E-state index in [1.165, 1.54) is 0 Å². The van der Waals surface area contributed by atoms with Crippen molar-refractivity contribution < 1.29 is 0 Å². The average Bonchev–Trinajstić information content (AvgIpc) is 3.23. The molecule has 0 radical (unpaired) electrons. The maximum Gasteiger partial charge on any atom is 0.169 e. The van der Waals surface area contributed by atoms with Gasteiger partial charge in [0, 0.05) is 42.0 Å². The van der Waals surface area contributed by atoms with Gasteiger partial charge in [0.25, 0.3) is 0 Å². The van der Waals surface area contributed by atoms with Crippen LogP contribution in [0.3, 0.4) is 0 Å². The standard InChI is InChI=1S/C19H21N7/c1-24(2)14-9-19(20,10-14)18-22-11-16-15(5-7-26(16)23-18)13-3-4-17-21-6-8-25(17)12-13/h3-8,11-12,14H,9-10,20H2,1-2H3. The fraction of sp³-hybridized carbons (Fsp3) is 0.316. The number of nitrogens with two attached hydrogens (primary N) is 1. The van der Waals surface area contributed by atoms with E-state index in [0.717, 1.165) is 41.0 Å². The van der Waals surface area contributed by atoms with Crippen LogP contribution in [0.2, 0.25) is 0 Å². The van der Waals surface area contributed by atoms with Gasteiger partial charge in [-0.1, -0.05) is 0 Å². The second-order valence-corrected chi connectivity index (χ2v) is 7.43. The van der Waals surface area contributed by atoms with Crippen LogP contribution < -0.4 is 5.73 Å². The van der Waals surface area contributed by atoms with Crippen molar-refractivity contribution >= 4 is 11.2 Å². The number of nitrogens with zero attached hydrogens (tertiary/aromatic N) is 6. The lowest BCUT2D eigenvalue weighted by atomic mass is 9.72. The van der Waals surface area contributed by atoms with Crippen LogP contribution in [0.15, 0.2) is 49.2 Å². The Morgan fingerprint density at radius 1 is 1.15 bits per heavy atom. The summed E-state index contributed by atoms with van der Waals surface area (Å²) in [6, 6.07) is 6.65. The first-order chi connectivity index (χ1) is 12.5. The molecule has 0 unspecified atom stereocenters. The van der Waals surface area contributed by atoms with E-state index >= 15 is 0 Å². The lowest BCUT2D eigenvalue weighted by Crippen LogP contribution is -2.57. The Morgan fingerprint density at radius 2 is 2.00 bits per heavy atom. The second kappa shape index (κ2) is 5.36. The van der Waals surface area contributed by atoms with E-state index in [0.29, 0.717) is 6.04 Å². The number of pyridine rings is 1. The van der Waals surface area contributed by atoms with Gasteiger partial charge in [0.15, 0.2) is 5.82 Å². The maximum absolute atomic E-state index is 6.54. The van der Waals surface area contributed by atoms with E-state index in [1.54, 1.807) is 6.20 Å². The first kappa shape index (κ1) is 15.5. The van der Waals surface area contributed by atoms with E-state index < -0.39 is 5.54 Å². The van der Waals surface area contributed by atoms with Gasteiger partial charge >= 0.3 is 0 Å². The Morgan fingerprint density at radius 3 is 2.81 bits per heavy atom. The average molecular weight is 347 g/mol. The zero-order chi connectivity index (χ0) is 17.9. The molecule has 0 aromatic carbocycles. The molecule has 26 heavy (non-hydrogen) atoms. The lowest BCUT2D eigenvalue weighted by molar-refractivity contribution is 0.0865. The number of hydrogen-bond donors (Lipinski definition) is 1. The maximum atomic E-state index is 6.54. The Labute approximate surface area is 151 Å². The van der Waals surface area contributed by atoms with Gasteiger partial charge in [0.1, 0.15) is 5.65 Å². The van der Waals surface area contributed by atoms with Gasteiger partial charge in [0.05, 0.1) is 17.3 Å². The third-order valence-electron chi connectivity index (χ3n) is 5.49. The number of rotatable bonds is 3. The molecule has 0 bridgehead atoms. The molecule has 4 heterocycles. The van der Waals surface area contributed by atoms with Gasteiger partial charge in [-0.05, 0) is 45.1 Å². The van der Waals surface area contributed by atoms with E-state index in [1.807, 2.05) is 33.6 Å². The predicted molar refractivity (Wildman–Crippen MR) is 99.7 cm³/mol. The first-order valence-corrected chi connectivity index (χ1v) is 8.77. The van der Waals surface area contributed by atoms with Gasteiger partial charge in [-0.15, -0.1) is 0 Å². The van der Waals surface area contributed by atoms with Crippen LogP contribution in [0.25, 0.3) is 22.3 Å². The van der Waals surface area contributed by atoms with Gasteiger partial charge in [-0.25, -0.2) is 14.5 Å². The summed E-state index contributed by atoms with van der Waals surface area (Å²) in [5.41, 5.74) is 10.2. The number of fused-ring (bicyclic) bond motifs is 2. The molecule has 132 valence electrons. The van der Waals surface area contributed by atoms with Gasteiger partial charge in [-0.3, -0.25) is 0 Å². The normalized spacial score (nSPS) is 23.0. The van der Waals surface area contributed by atoms with Crippen molar-refractivity contribution in [3.63, 3.8) is 0 Å². The number of aromatic nitrogens is 5. The molecule has 7 heteroatoms. The number of imidazole rings is 1. The van der Waals surface area contributed by atoms with Crippen molar-refractivity contribution in [2.24, 2.45) is 5.73 Å². The molecule has 2 N–H and O–H groups in total. The monoisotopic (exact) mass is 347 g/mol. The molecular weight excluding hydrogens is 326 g/mol. The van der Waals surface area contributed by atoms with Crippen LogP contribution in [-0.2, 0) is 5.54 Å². The first-order valence-electron chi connectivity index (χ1n) is 8.77. The molecule has 0 aliphatic heterocycles. The van der Waals surface area contributed by atoms with E-state index in [-0.39, 0.29) is 0 Å². The van der Waals surface area contributed by atoms with E-state index in [4.69, 9.17) is 10.8 Å². The van der Waals surface area contributed by atoms with Crippen molar-refractivity contribution in [3.05, 3.63) is 55.0 Å². The van der Waals surface area contributed by atoms with Crippen LogP contribution in [0, 0.1) is 0 Å². The molecule has 1 aliphatic carbocycles. The Hall–Kier alpha value is -2.77. The highest BCUT2D eigenvalue weighted by molar-refractivity contribution is 5.80. The molecule has 1 aliphatic rings. The SMILES string of the molecule is CN(C)C1CC(N)(c2ncc3c(-c4ccc5nccn5c4)ccn3n2)C1. The van der Waals surface area contributed by atoms with Gasteiger partial charge in [-0.2, -0.15) is 5.10 Å². The molecular formula is C19H21N7. The van der Waals surface area contributed by atoms with Crippen molar-refractivity contribution in [1.29, 1.82) is 0 Å². The Balaban J connectivity index is 1.52. The van der Waals surface area contributed by atoms with Crippen LogP contribution >= 0.6 is 0 Å². The molecule has 1 fully saturated rings. The topological polar surface area (TPSA) is 76.8 Å². The predicted octanol–water partition coefficient (Wildman–Crippen LogP) is 1.92. The molecule has 0 spiro atoms. The summed E-state index contributed by atoms with van der Waals surface area (Å²) in [6.07, 6.45) is 11.4. The third-order valence-corrected chi connectivity index (χ3v) is 5.49. The molecule has 4 aromatic rings. The van der Waals surface area contributed by atoms with Crippen molar-refractivity contribution in [3.8, 4) is 11.1 Å². The van der Waals surface area contributed by atoms with E-state index in [2.05, 4.69) is 47.3 Å². The minimum absolute atomic E-state index is 0.427. The summed E-state index contributed by atoms with van der Waals surface area (Å²) in [7, 11) is 4.17. The van der Waals surface area contributed by atoms with Gasteiger partial charge in [0.2, 0.25) is 0 Å². The lowest BCUT2D eigenvalue weighted by Gasteiger charge is -2.46. The fourth-order valence-electron chi connectivity index (χ4n) is 3.78. The summed E-state index contributed by atoms with van der Waals surface area (Å²) >= 11 is 0. The molecule has 5 rings (SSSR count). The van der Waals surface area contributed by atoms with Crippen molar-refractivity contribution in [1.82, 2.24) is 28.9 Å². The Kier molecular flexibility index (Phi) is 3.19. The summed E-state index contributed by atoms with van der Waals surface area (Å²) < 4.78 is 3.89. The smallest absolute Gasteiger partial charge is 0.169 e. The Bertz CT molecular complexity index is 1100. The molecule has 0 amide bonds. The molecule has 4 aromatic heterocycles. The zero-order valence-electron chi connectivity index (χ0n) is 14.9. The summed E-state index contributed by atoms with van der Waals surface area (Å²) in [4.78, 5) is 11.1. The summed E-state index contributed by atoms with van der Waals surface area (Å²) in [5, 5.41) is 4.70. The zero-order valence-corrected chi connectivity index (χ0v) is 14.9. The largest absolute Gasteiger partial charge is 0.319 e. The van der Waals surface area contributed by atoms with Crippen LogP contribution in [-0.4, -0.2) is 49.0 Å². The van der Waals surface area contributed by atoms with Crippen LogP contribution in [0.5, 0.6) is 0 Å². The van der Waals surface area contributed by atoms with Crippen molar-refractivity contribution in [2.45, 2.75) is 24.4 Å². The van der Waals surface area contributed by atoms with Crippen molar-refractivity contribution in [2.75, 3.05) is 14.1 Å². The highest BCUT2D eigenvalue weighted by Gasteiger charge is 2.45. The minimum Gasteiger partial charge on any atom is -0.319 e. The van der Waals surface area contributed by atoms with E-state index in [9.17, 15) is 0 Å². The molecule has 0 saturated heterocycles. The van der Waals surface area contributed by atoms with Gasteiger partial charge < -0.3 is 15.0 Å².